The highest BCUT2D eigenvalue weighted by molar-refractivity contribution is 7.80. The third-order valence-electron chi connectivity index (χ3n) is 6.68. The highest BCUT2D eigenvalue weighted by Crippen LogP contribution is 2.33. The number of oxime groups is 1. The summed E-state index contributed by atoms with van der Waals surface area (Å²) < 4.78 is 44.7. The van der Waals surface area contributed by atoms with Crippen molar-refractivity contribution in [3.8, 4) is 17.0 Å². The van der Waals surface area contributed by atoms with Gasteiger partial charge in [0.15, 0.2) is 17.5 Å². The molecule has 238 valence electrons. The lowest BCUT2D eigenvalue weighted by molar-refractivity contribution is -0.218. The number of aryl methyl sites for hydroxylation is 1. The molecule has 0 aliphatic carbocycles. The first-order valence-electron chi connectivity index (χ1n) is 13.2. The number of hydroxylamine groups is 2. The second-order valence-electron chi connectivity index (χ2n) is 10.1. The van der Waals surface area contributed by atoms with E-state index < -0.39 is 33.8 Å². The maximum absolute atomic E-state index is 13.1. The van der Waals surface area contributed by atoms with Gasteiger partial charge in [0.25, 0.3) is 11.8 Å². The second kappa shape index (κ2) is 13.1. The van der Waals surface area contributed by atoms with Crippen LogP contribution in [0.4, 0.5) is 5.13 Å². The molecular weight excluding hydrogens is 618 g/mol. The number of carbonyl (C=O) groups excluding carboxylic acids is 2. The van der Waals surface area contributed by atoms with Gasteiger partial charge in [-0.2, -0.15) is 13.5 Å². The number of hydrogen-bond acceptors (Lipinski definition) is 13. The number of β-lactam (4-membered cyclic amide) rings is 1. The van der Waals surface area contributed by atoms with Crippen LogP contribution in [0.1, 0.15) is 26.0 Å². The number of benzene rings is 1. The lowest BCUT2D eigenvalue weighted by Gasteiger charge is -2.50. The average molecular weight is 652 g/mol. The van der Waals surface area contributed by atoms with Crippen molar-refractivity contribution in [2.75, 3.05) is 25.5 Å². The first-order chi connectivity index (χ1) is 20.7. The Kier molecular flexibility index (Phi) is 9.74. The van der Waals surface area contributed by atoms with Crippen LogP contribution in [-0.4, -0.2) is 81.0 Å². The summed E-state index contributed by atoms with van der Waals surface area (Å²) in [5, 5.41) is 16.7. The van der Waals surface area contributed by atoms with E-state index in [-0.39, 0.29) is 29.8 Å². The number of nitrogens with zero attached hydrogens (tertiary/aromatic N) is 5. The fraction of sp³-hybridized carbons (Fsp3) is 0.400. The predicted molar refractivity (Wildman–Crippen MR) is 158 cm³/mol. The smallest absolute Gasteiger partial charge is 0.418 e. The number of carbonyl (C=O) groups is 2. The molecule has 3 heterocycles. The minimum absolute atomic E-state index is 0.0524. The quantitative estimate of drug-likeness (QED) is 0.0511. The molecule has 1 aliphatic rings. The summed E-state index contributed by atoms with van der Waals surface area (Å²) in [7, 11) is -3.13. The molecule has 1 unspecified atom stereocenters. The Morgan fingerprint density at radius 1 is 1.27 bits per heavy atom. The number of imidazole rings is 1. The Hall–Kier alpha value is -4.30. The molecule has 2 amide bonds. The minimum atomic E-state index is -4.95. The zero-order chi connectivity index (χ0) is 32.2. The number of nitrogens with one attached hydrogen (secondary N) is 2. The average Bonchev–Trinajstić information content (AvgIpc) is 3.52. The van der Waals surface area contributed by atoms with E-state index >= 15 is 0 Å². The largest absolute Gasteiger partial charge is 0.490 e. The van der Waals surface area contributed by atoms with Crippen molar-refractivity contribution in [1.82, 2.24) is 24.5 Å². The summed E-state index contributed by atoms with van der Waals surface area (Å²) in [5.41, 5.74) is 11.9. The first-order valence-corrected chi connectivity index (χ1v) is 15.4. The van der Waals surface area contributed by atoms with E-state index in [0.717, 1.165) is 29.0 Å². The number of amides is 2. The van der Waals surface area contributed by atoms with Gasteiger partial charge in [-0.25, -0.2) is 4.98 Å². The summed E-state index contributed by atoms with van der Waals surface area (Å²) in [4.78, 5) is 34.9. The van der Waals surface area contributed by atoms with Gasteiger partial charge in [0.2, 0.25) is 5.62 Å². The van der Waals surface area contributed by atoms with E-state index in [0.29, 0.717) is 29.5 Å². The van der Waals surface area contributed by atoms with Crippen molar-refractivity contribution >= 4 is 44.4 Å². The Morgan fingerprint density at radius 2 is 1.98 bits per heavy atom. The fourth-order valence-corrected chi connectivity index (χ4v) is 5.35. The molecule has 1 aliphatic heterocycles. The van der Waals surface area contributed by atoms with Gasteiger partial charge in [0.1, 0.15) is 24.1 Å². The lowest BCUT2D eigenvalue weighted by Crippen LogP contribution is -2.76. The van der Waals surface area contributed by atoms with Gasteiger partial charge in [-0.05, 0) is 56.6 Å². The molecule has 2 aromatic heterocycles. The van der Waals surface area contributed by atoms with E-state index in [1.165, 1.54) is 19.2 Å². The molecule has 1 aromatic carbocycles. The van der Waals surface area contributed by atoms with Crippen molar-refractivity contribution < 1.29 is 36.4 Å². The number of aromatic nitrogens is 3. The lowest BCUT2D eigenvalue weighted by atomic mass is 9.84. The van der Waals surface area contributed by atoms with Crippen LogP contribution in [0.2, 0.25) is 0 Å². The molecule has 0 radical (unpaired) electrons. The maximum Gasteiger partial charge on any atom is 0.418 e. The van der Waals surface area contributed by atoms with Gasteiger partial charge in [0.05, 0.1) is 11.2 Å². The summed E-state index contributed by atoms with van der Waals surface area (Å²) in [6.07, 6.45) is 2.68. The number of rotatable bonds is 14. The number of thiazole rings is 1. The van der Waals surface area contributed by atoms with Crippen LogP contribution in [0.3, 0.4) is 0 Å². The Balaban J connectivity index is 1.36. The highest BCUT2D eigenvalue weighted by atomic mass is 32.3. The number of nitrogens with two attached hydrogens (primary N) is 2. The third-order valence-corrected chi connectivity index (χ3v) is 7.69. The zero-order valence-electron chi connectivity index (χ0n) is 24.1. The van der Waals surface area contributed by atoms with E-state index in [2.05, 4.69) is 19.7 Å². The van der Waals surface area contributed by atoms with Gasteiger partial charge in [-0.1, -0.05) is 5.16 Å². The molecule has 44 heavy (non-hydrogen) atoms. The number of anilines is 1. The number of hydrogen-bond donors (Lipinski definition) is 5. The molecule has 3 aromatic rings. The molecule has 1 fully saturated rings. The van der Waals surface area contributed by atoms with Gasteiger partial charge in [-0.3, -0.25) is 19.6 Å². The van der Waals surface area contributed by atoms with Crippen LogP contribution < -0.4 is 27.1 Å². The van der Waals surface area contributed by atoms with Gasteiger partial charge < -0.3 is 35.5 Å². The van der Waals surface area contributed by atoms with Gasteiger partial charge in [0, 0.05) is 25.2 Å². The monoisotopic (exact) mass is 651 g/mol. The summed E-state index contributed by atoms with van der Waals surface area (Å²) in [6.45, 7) is 4.08. The van der Waals surface area contributed by atoms with Crippen molar-refractivity contribution in [3.63, 3.8) is 0 Å². The molecule has 0 saturated carbocycles. The van der Waals surface area contributed by atoms with Crippen molar-refractivity contribution in [3.05, 3.63) is 47.2 Å². The summed E-state index contributed by atoms with van der Waals surface area (Å²) in [5.74, 6) is -1.19. The van der Waals surface area contributed by atoms with E-state index in [1.807, 2.05) is 29.9 Å². The molecule has 0 spiro atoms. The molecule has 7 N–H and O–H groups in total. The van der Waals surface area contributed by atoms with Crippen molar-refractivity contribution in [2.45, 2.75) is 38.4 Å². The number of nitrogen functional groups attached to an aromatic ring is 1. The first kappa shape index (κ1) is 32.6. The molecule has 19 heteroatoms. The van der Waals surface area contributed by atoms with Crippen LogP contribution >= 0.6 is 11.3 Å². The third kappa shape index (κ3) is 7.25. The highest BCUT2D eigenvalue weighted by Gasteiger charge is 2.58. The van der Waals surface area contributed by atoms with E-state index in [9.17, 15) is 18.0 Å². The van der Waals surface area contributed by atoms with Crippen LogP contribution in [0.15, 0.2) is 41.0 Å². The van der Waals surface area contributed by atoms with E-state index in [4.69, 9.17) is 31.0 Å². The van der Waals surface area contributed by atoms with Crippen molar-refractivity contribution in [2.24, 2.45) is 17.9 Å². The molecular formula is C25H33N9O8S2. The van der Waals surface area contributed by atoms with E-state index in [1.54, 1.807) is 16.7 Å². The standard InChI is InChI=1S/C25H33N9O8S2/c1-25(2)20(22(36)34(25)42-44(37,38)39)30-21(35)19(17-14-43-23(27)29-17)31-41-12-11-40-16-7-5-15(6-8-16)18-13-33(10-4-9-26)24(28)32(18)3/h5-8,13-14,20,28H,4,9-12,26H2,1-3H3,(H2,27,29)(H,30,35)(H,37,38,39)/b28-24?,31-19-. The van der Waals surface area contributed by atoms with Crippen LogP contribution in [0, 0.1) is 5.41 Å². The van der Waals surface area contributed by atoms with Crippen LogP contribution in [-0.2, 0) is 42.7 Å². The Morgan fingerprint density at radius 3 is 2.57 bits per heavy atom. The Labute approximate surface area is 256 Å². The van der Waals surface area contributed by atoms with Gasteiger partial charge >= 0.3 is 10.4 Å². The molecule has 1 atom stereocenters. The number of ether oxygens (including phenoxy) is 1. The molecule has 0 bridgehead atoms. The van der Waals surface area contributed by atoms with Gasteiger partial charge in [-0.15, -0.1) is 15.6 Å². The summed E-state index contributed by atoms with van der Waals surface area (Å²) >= 11 is 1.06. The van der Waals surface area contributed by atoms with Crippen LogP contribution in [0.25, 0.3) is 11.3 Å². The second-order valence-corrected chi connectivity index (χ2v) is 12.0. The predicted octanol–water partition coefficient (Wildman–Crippen LogP) is 0.000270. The zero-order valence-corrected chi connectivity index (χ0v) is 25.7. The van der Waals surface area contributed by atoms with Crippen molar-refractivity contribution in [1.29, 1.82) is 5.41 Å². The molecule has 1 saturated heterocycles. The normalized spacial score (nSPS) is 16.5. The topological polar surface area (TPSA) is 242 Å². The van der Waals surface area contributed by atoms with Crippen LogP contribution in [0.5, 0.6) is 5.75 Å². The Bertz CT molecular complexity index is 1710. The minimum Gasteiger partial charge on any atom is -0.490 e. The molecule has 17 nitrogen and oxygen atoms in total. The fourth-order valence-electron chi connectivity index (χ4n) is 4.35. The molecule has 4 rings (SSSR count). The summed E-state index contributed by atoms with van der Waals surface area (Å²) in [6, 6.07) is 6.10. The maximum atomic E-state index is 13.1. The SMILES string of the molecule is Cn1c(-c2ccc(OCCO/N=C(\C(=O)NC3C(=O)N(OS(=O)(=O)O)C3(C)C)c3csc(N)n3)cc2)cn(CCCN)c1=N.